The first-order valence-corrected chi connectivity index (χ1v) is 13.8. The van der Waals surface area contributed by atoms with Crippen molar-refractivity contribution in [2.75, 3.05) is 10.8 Å². The first kappa shape index (κ1) is 28.1. The molecule has 0 aliphatic carbocycles. The molecule has 0 atom stereocenters. The molecule has 0 aromatic heterocycles. The number of sulfonamides is 1. The smallest absolute Gasteiger partial charge is 0.324 e. The minimum absolute atomic E-state index is 0.0850. The summed E-state index contributed by atoms with van der Waals surface area (Å²) in [5.74, 6) is -2.02. The number of halogens is 2. The number of anilines is 1. The number of carboxylic acid groups (broad SMARTS) is 1. The number of rotatable bonds is 10. The highest BCUT2D eigenvalue weighted by Crippen LogP contribution is 2.31. The van der Waals surface area contributed by atoms with Crippen molar-refractivity contribution in [2.24, 2.45) is 5.73 Å². The number of fused-ring (bicyclic) bond motifs is 1. The third-order valence-electron chi connectivity index (χ3n) is 6.03. The van der Waals surface area contributed by atoms with Gasteiger partial charge >= 0.3 is 5.97 Å². The van der Waals surface area contributed by atoms with Crippen LogP contribution in [-0.2, 0) is 21.2 Å². The van der Waals surface area contributed by atoms with E-state index in [0.717, 1.165) is 9.87 Å². The summed E-state index contributed by atoms with van der Waals surface area (Å²) in [4.78, 5) is 35.7. The molecule has 0 heterocycles. The second kappa shape index (κ2) is 11.4. The Labute approximate surface area is 234 Å². The summed E-state index contributed by atoms with van der Waals surface area (Å²) in [5.41, 5.74) is 7.06. The van der Waals surface area contributed by atoms with Crippen molar-refractivity contribution in [2.45, 2.75) is 17.7 Å². The van der Waals surface area contributed by atoms with Crippen LogP contribution in [0.2, 0.25) is 10.0 Å². The van der Waals surface area contributed by atoms with E-state index < -0.39 is 28.4 Å². The molecule has 0 fully saturated rings. The number of carbonyl (C=O) groups is 3. The zero-order valence-electron chi connectivity index (χ0n) is 20.3. The lowest BCUT2D eigenvalue weighted by Crippen LogP contribution is -2.35. The van der Waals surface area contributed by atoms with Crippen LogP contribution >= 0.6 is 23.2 Å². The first-order chi connectivity index (χ1) is 18.5. The number of hydrogen-bond acceptors (Lipinski definition) is 5. The van der Waals surface area contributed by atoms with Crippen molar-refractivity contribution < 1.29 is 27.9 Å². The molecule has 0 bridgehead atoms. The SMILES string of the molecule is NC(=O)c1ccc(CCC(=O)c2cccc3cc(N(CC(=O)O)S(=O)(=O)c4cc(Cl)cc(Cl)c4)ccc23)cc1. The standard InChI is InChI=1S/C28H22Cl2N2O6S/c29-20-13-21(30)15-23(14-20)39(37,38)32(16-27(34)35)22-9-10-24-19(12-22)2-1-3-25(24)26(33)11-6-17-4-7-18(8-5-17)28(31)36/h1-5,7-10,12-15H,6,11,16H2,(H2,31,36)(H,34,35). The Morgan fingerprint density at radius 1 is 0.872 bits per heavy atom. The lowest BCUT2D eigenvalue weighted by molar-refractivity contribution is -0.135. The molecule has 200 valence electrons. The fourth-order valence-corrected chi connectivity index (χ4v) is 6.27. The number of Topliss-reactive ketones (excluding diaryl/α,β-unsaturated/α-hetero) is 1. The number of benzene rings is 4. The minimum Gasteiger partial charge on any atom is -0.480 e. The summed E-state index contributed by atoms with van der Waals surface area (Å²) in [6.45, 7) is -0.842. The maximum atomic E-state index is 13.4. The number of amides is 1. The molecule has 4 aromatic carbocycles. The molecule has 0 saturated carbocycles. The van der Waals surface area contributed by atoms with Gasteiger partial charge in [0.1, 0.15) is 6.54 Å². The Bertz CT molecular complexity index is 1690. The Morgan fingerprint density at radius 2 is 1.54 bits per heavy atom. The molecule has 0 aliphatic rings. The summed E-state index contributed by atoms with van der Waals surface area (Å²) in [6, 6.07) is 20.1. The molecule has 39 heavy (non-hydrogen) atoms. The fourth-order valence-electron chi connectivity index (χ4n) is 4.14. The van der Waals surface area contributed by atoms with Crippen LogP contribution < -0.4 is 10.0 Å². The van der Waals surface area contributed by atoms with Crippen LogP contribution in [0.1, 0.15) is 32.7 Å². The van der Waals surface area contributed by atoms with Crippen LogP contribution in [0.15, 0.2) is 83.8 Å². The highest BCUT2D eigenvalue weighted by atomic mass is 35.5. The summed E-state index contributed by atoms with van der Waals surface area (Å²) < 4.78 is 27.6. The molecule has 0 saturated heterocycles. The van der Waals surface area contributed by atoms with Crippen molar-refractivity contribution >= 4 is 67.3 Å². The van der Waals surface area contributed by atoms with E-state index in [9.17, 15) is 27.9 Å². The predicted octanol–water partition coefficient (Wildman–Crippen LogP) is 5.34. The number of primary amides is 1. The van der Waals surface area contributed by atoms with Crippen LogP contribution in [0.25, 0.3) is 10.8 Å². The quantitative estimate of drug-likeness (QED) is 0.241. The monoisotopic (exact) mass is 584 g/mol. The molecular formula is C28H22Cl2N2O6S. The van der Waals surface area contributed by atoms with Gasteiger partial charge in [-0.15, -0.1) is 0 Å². The highest BCUT2D eigenvalue weighted by molar-refractivity contribution is 7.92. The van der Waals surface area contributed by atoms with E-state index in [-0.39, 0.29) is 32.8 Å². The van der Waals surface area contributed by atoms with Crippen LogP contribution in [0, 0.1) is 0 Å². The second-order valence-corrected chi connectivity index (χ2v) is 11.4. The van der Waals surface area contributed by atoms with Crippen LogP contribution in [0.4, 0.5) is 5.69 Å². The van der Waals surface area contributed by atoms with Gasteiger partial charge < -0.3 is 10.8 Å². The molecule has 0 radical (unpaired) electrons. The first-order valence-electron chi connectivity index (χ1n) is 11.6. The van der Waals surface area contributed by atoms with Crippen LogP contribution in [-0.4, -0.2) is 37.7 Å². The third kappa shape index (κ3) is 6.39. The van der Waals surface area contributed by atoms with E-state index in [1.54, 1.807) is 48.5 Å². The van der Waals surface area contributed by atoms with Crippen molar-refractivity contribution in [3.63, 3.8) is 0 Å². The van der Waals surface area contributed by atoms with Gasteiger partial charge in [0.05, 0.1) is 10.6 Å². The summed E-state index contributed by atoms with van der Waals surface area (Å²) in [5, 5.41) is 10.8. The molecule has 11 heteroatoms. The van der Waals surface area contributed by atoms with Gasteiger partial charge in [0.25, 0.3) is 10.0 Å². The predicted molar refractivity (Wildman–Crippen MR) is 150 cm³/mol. The number of nitrogens with two attached hydrogens (primary N) is 1. The maximum Gasteiger partial charge on any atom is 0.324 e. The maximum absolute atomic E-state index is 13.4. The average Bonchev–Trinajstić information content (AvgIpc) is 2.89. The molecular weight excluding hydrogens is 563 g/mol. The van der Waals surface area contributed by atoms with Crippen molar-refractivity contribution in [1.82, 2.24) is 0 Å². The lowest BCUT2D eigenvalue weighted by atomic mass is 9.97. The molecule has 8 nitrogen and oxygen atoms in total. The Morgan fingerprint density at radius 3 is 2.15 bits per heavy atom. The number of hydrogen-bond donors (Lipinski definition) is 2. The number of carbonyl (C=O) groups excluding carboxylic acids is 2. The van der Waals surface area contributed by atoms with Gasteiger partial charge in [0.15, 0.2) is 5.78 Å². The van der Waals surface area contributed by atoms with Crippen molar-refractivity contribution in [3.8, 4) is 0 Å². The van der Waals surface area contributed by atoms with E-state index >= 15 is 0 Å². The van der Waals surface area contributed by atoms with Gasteiger partial charge in [-0.3, -0.25) is 18.7 Å². The highest BCUT2D eigenvalue weighted by Gasteiger charge is 2.28. The fraction of sp³-hybridized carbons (Fsp3) is 0.107. The van der Waals surface area contributed by atoms with Gasteiger partial charge in [0, 0.05) is 27.6 Å². The van der Waals surface area contributed by atoms with Gasteiger partial charge in [-0.05, 0) is 65.2 Å². The van der Waals surface area contributed by atoms with Crippen LogP contribution in [0.5, 0.6) is 0 Å². The van der Waals surface area contributed by atoms with Gasteiger partial charge in [-0.25, -0.2) is 8.42 Å². The van der Waals surface area contributed by atoms with E-state index in [2.05, 4.69) is 0 Å². The van der Waals surface area contributed by atoms with Crippen molar-refractivity contribution in [1.29, 1.82) is 0 Å². The summed E-state index contributed by atoms with van der Waals surface area (Å²) >= 11 is 12.0. The minimum atomic E-state index is -4.35. The molecule has 0 unspecified atom stereocenters. The largest absolute Gasteiger partial charge is 0.480 e. The average molecular weight is 585 g/mol. The second-order valence-electron chi connectivity index (χ2n) is 8.71. The topological polar surface area (TPSA) is 135 Å². The molecule has 3 N–H and O–H groups in total. The van der Waals surface area contributed by atoms with Gasteiger partial charge in [0.2, 0.25) is 5.91 Å². The molecule has 0 aliphatic heterocycles. The summed E-state index contributed by atoms with van der Waals surface area (Å²) in [7, 11) is -4.35. The zero-order valence-corrected chi connectivity index (χ0v) is 22.6. The molecule has 0 spiro atoms. The summed E-state index contributed by atoms with van der Waals surface area (Å²) in [6.07, 6.45) is 0.644. The molecule has 1 amide bonds. The van der Waals surface area contributed by atoms with Gasteiger partial charge in [-0.1, -0.05) is 59.6 Å². The van der Waals surface area contributed by atoms with Gasteiger partial charge in [-0.2, -0.15) is 0 Å². The number of nitrogens with zero attached hydrogens (tertiary/aromatic N) is 1. The normalized spacial score (nSPS) is 11.3. The number of carboxylic acids is 1. The van der Waals surface area contributed by atoms with E-state index in [1.807, 2.05) is 0 Å². The van der Waals surface area contributed by atoms with E-state index in [0.29, 0.717) is 28.3 Å². The molecule has 4 rings (SSSR count). The lowest BCUT2D eigenvalue weighted by Gasteiger charge is -2.23. The van der Waals surface area contributed by atoms with E-state index in [4.69, 9.17) is 28.9 Å². The third-order valence-corrected chi connectivity index (χ3v) is 8.22. The number of aryl methyl sites for hydroxylation is 1. The molecule has 4 aromatic rings. The number of ketones is 1. The van der Waals surface area contributed by atoms with Crippen molar-refractivity contribution in [3.05, 3.63) is 106 Å². The Balaban J connectivity index is 1.65. The Hall–Kier alpha value is -3.92. The number of aliphatic carboxylic acids is 1. The zero-order chi connectivity index (χ0) is 28.3. The Kier molecular flexibility index (Phi) is 8.25. The van der Waals surface area contributed by atoms with E-state index in [1.165, 1.54) is 30.3 Å². The van der Waals surface area contributed by atoms with Crippen LogP contribution in [0.3, 0.4) is 0 Å².